The van der Waals surface area contributed by atoms with Gasteiger partial charge in [-0.3, -0.25) is 4.79 Å². The molecule has 0 radical (unpaired) electrons. The molecule has 0 aromatic heterocycles. The highest BCUT2D eigenvalue weighted by molar-refractivity contribution is 6.06. The molecule has 1 aliphatic heterocycles. The van der Waals surface area contributed by atoms with E-state index in [4.69, 9.17) is 9.47 Å². The molecule has 7 heteroatoms. The molecule has 0 aliphatic carbocycles. The summed E-state index contributed by atoms with van der Waals surface area (Å²) in [4.78, 5) is 25.4. The summed E-state index contributed by atoms with van der Waals surface area (Å²) < 4.78 is 11.1. The van der Waals surface area contributed by atoms with Crippen LogP contribution < -0.4 is 25.4 Å². The van der Waals surface area contributed by atoms with Crippen molar-refractivity contribution in [3.63, 3.8) is 0 Å². The van der Waals surface area contributed by atoms with Crippen LogP contribution in [-0.2, 0) is 4.79 Å². The van der Waals surface area contributed by atoms with Crippen molar-refractivity contribution in [3.8, 4) is 17.2 Å². The average Bonchev–Trinajstić information content (AvgIpc) is 2.80. The zero-order valence-electron chi connectivity index (χ0n) is 17.7. The number of methoxy groups -OCH3 is 1. The molecule has 3 aromatic rings. The van der Waals surface area contributed by atoms with Crippen LogP contribution in [0.2, 0.25) is 0 Å². The molecule has 4 rings (SSSR count). The van der Waals surface area contributed by atoms with Gasteiger partial charge in [0, 0.05) is 11.4 Å². The minimum absolute atomic E-state index is 0.320. The van der Waals surface area contributed by atoms with E-state index in [0.29, 0.717) is 34.2 Å². The summed E-state index contributed by atoms with van der Waals surface area (Å²) >= 11 is 0. The van der Waals surface area contributed by atoms with Gasteiger partial charge in [-0.05, 0) is 61.0 Å². The van der Waals surface area contributed by atoms with E-state index in [0.717, 1.165) is 5.56 Å². The van der Waals surface area contributed by atoms with Crippen molar-refractivity contribution in [3.05, 3.63) is 95.7 Å². The molecule has 1 heterocycles. The lowest BCUT2D eigenvalue weighted by atomic mass is 9.94. The number of anilines is 1. The summed E-state index contributed by atoms with van der Waals surface area (Å²) in [5.41, 5.74) is 2.25. The molecule has 1 aliphatic rings. The number of hydrogen-bond acceptors (Lipinski definition) is 4. The Morgan fingerprint density at radius 2 is 1.62 bits per heavy atom. The van der Waals surface area contributed by atoms with Gasteiger partial charge in [0.25, 0.3) is 5.91 Å². The first-order valence-electron chi connectivity index (χ1n) is 10.1. The highest BCUT2D eigenvalue weighted by Gasteiger charge is 2.31. The number of amides is 3. The molecule has 3 N–H and O–H groups in total. The Kier molecular flexibility index (Phi) is 6.07. The van der Waals surface area contributed by atoms with Gasteiger partial charge in [-0.2, -0.15) is 0 Å². The van der Waals surface area contributed by atoms with Gasteiger partial charge in [-0.25, -0.2) is 4.79 Å². The van der Waals surface area contributed by atoms with E-state index in [2.05, 4.69) is 16.0 Å². The van der Waals surface area contributed by atoms with Crippen molar-refractivity contribution in [1.29, 1.82) is 0 Å². The topological polar surface area (TPSA) is 88.7 Å². The maximum absolute atomic E-state index is 13.2. The Labute approximate surface area is 186 Å². The van der Waals surface area contributed by atoms with Crippen LogP contribution in [-0.4, -0.2) is 19.0 Å². The van der Waals surface area contributed by atoms with Crippen molar-refractivity contribution in [1.82, 2.24) is 10.6 Å². The molecular weight excluding hydrogens is 406 g/mol. The monoisotopic (exact) mass is 429 g/mol. The zero-order valence-corrected chi connectivity index (χ0v) is 17.7. The number of carbonyl (C=O) groups is 2. The number of carbonyl (C=O) groups excluding carboxylic acids is 2. The van der Waals surface area contributed by atoms with Crippen molar-refractivity contribution < 1.29 is 19.1 Å². The fourth-order valence-corrected chi connectivity index (χ4v) is 3.50. The third-order valence-corrected chi connectivity index (χ3v) is 5.03. The van der Waals surface area contributed by atoms with Crippen molar-refractivity contribution in [2.24, 2.45) is 0 Å². The van der Waals surface area contributed by atoms with Crippen LogP contribution in [0.5, 0.6) is 17.2 Å². The molecule has 0 spiro atoms. The van der Waals surface area contributed by atoms with E-state index < -0.39 is 6.04 Å². The standard InChI is InChI=1S/C25H23N3O4/c1-16-22(24(29)27-18-11-13-19(31-2)14-12-18)23(28-25(30)26-16)17-7-6-10-21(15-17)32-20-8-4-3-5-9-20/h3-15,23H,1-2H3,(H,27,29)(H2,26,28,30). The van der Waals surface area contributed by atoms with Crippen LogP contribution in [0.15, 0.2) is 90.1 Å². The molecule has 0 saturated heterocycles. The number of rotatable bonds is 6. The van der Waals surface area contributed by atoms with E-state index in [1.165, 1.54) is 0 Å². The molecule has 162 valence electrons. The largest absolute Gasteiger partial charge is 0.497 e. The average molecular weight is 429 g/mol. The minimum atomic E-state index is -0.638. The molecule has 0 saturated carbocycles. The van der Waals surface area contributed by atoms with Gasteiger partial charge in [0.05, 0.1) is 18.7 Å². The van der Waals surface area contributed by atoms with E-state index >= 15 is 0 Å². The number of hydrogen-bond donors (Lipinski definition) is 3. The molecule has 7 nitrogen and oxygen atoms in total. The Hall–Kier alpha value is -4.26. The first-order chi connectivity index (χ1) is 15.5. The predicted octanol–water partition coefficient (Wildman–Crippen LogP) is 4.75. The van der Waals surface area contributed by atoms with Gasteiger partial charge in [0.1, 0.15) is 17.2 Å². The van der Waals surface area contributed by atoms with Crippen LogP contribution >= 0.6 is 0 Å². The SMILES string of the molecule is COc1ccc(NC(=O)C2=C(C)NC(=O)NC2c2cccc(Oc3ccccc3)c2)cc1. The van der Waals surface area contributed by atoms with Crippen molar-refractivity contribution in [2.45, 2.75) is 13.0 Å². The highest BCUT2D eigenvalue weighted by atomic mass is 16.5. The molecule has 0 fully saturated rings. The molecule has 1 unspecified atom stereocenters. The fraction of sp³-hybridized carbons (Fsp3) is 0.120. The van der Waals surface area contributed by atoms with Gasteiger partial charge < -0.3 is 25.4 Å². The van der Waals surface area contributed by atoms with E-state index in [9.17, 15) is 9.59 Å². The first kappa shape index (κ1) is 21.0. The lowest BCUT2D eigenvalue weighted by Crippen LogP contribution is -2.45. The van der Waals surface area contributed by atoms with Gasteiger partial charge in [0.2, 0.25) is 0 Å². The second-order valence-corrected chi connectivity index (χ2v) is 7.24. The Morgan fingerprint density at radius 3 is 2.34 bits per heavy atom. The van der Waals surface area contributed by atoms with Gasteiger partial charge >= 0.3 is 6.03 Å². The number of nitrogens with one attached hydrogen (secondary N) is 3. The molecule has 1 atom stereocenters. The first-order valence-corrected chi connectivity index (χ1v) is 10.1. The number of para-hydroxylation sites is 1. The normalized spacial score (nSPS) is 15.4. The Bertz CT molecular complexity index is 1160. The number of urea groups is 1. The number of ether oxygens (including phenoxy) is 2. The molecule has 3 amide bonds. The lowest BCUT2D eigenvalue weighted by molar-refractivity contribution is -0.113. The van der Waals surface area contributed by atoms with Crippen LogP contribution in [0.3, 0.4) is 0 Å². The van der Waals surface area contributed by atoms with Crippen LogP contribution in [0.1, 0.15) is 18.5 Å². The second-order valence-electron chi connectivity index (χ2n) is 7.24. The Morgan fingerprint density at radius 1 is 0.906 bits per heavy atom. The maximum atomic E-state index is 13.2. The molecule has 0 bridgehead atoms. The third kappa shape index (κ3) is 4.73. The maximum Gasteiger partial charge on any atom is 0.319 e. The summed E-state index contributed by atoms with van der Waals surface area (Å²) in [5, 5.41) is 8.42. The lowest BCUT2D eigenvalue weighted by Gasteiger charge is -2.29. The van der Waals surface area contributed by atoms with E-state index in [1.54, 1.807) is 38.3 Å². The molecular formula is C25H23N3O4. The van der Waals surface area contributed by atoms with Crippen LogP contribution in [0, 0.1) is 0 Å². The molecule has 32 heavy (non-hydrogen) atoms. The minimum Gasteiger partial charge on any atom is -0.497 e. The summed E-state index contributed by atoms with van der Waals surface area (Å²) in [5.74, 6) is 1.68. The van der Waals surface area contributed by atoms with Crippen LogP contribution in [0.4, 0.5) is 10.5 Å². The van der Waals surface area contributed by atoms with Gasteiger partial charge in [-0.1, -0.05) is 30.3 Å². The Balaban J connectivity index is 1.61. The quantitative estimate of drug-likeness (QED) is 0.527. The second kappa shape index (κ2) is 9.26. The van der Waals surface area contributed by atoms with Gasteiger partial charge in [0.15, 0.2) is 0 Å². The highest BCUT2D eigenvalue weighted by Crippen LogP contribution is 2.31. The van der Waals surface area contributed by atoms with E-state index in [1.807, 2.05) is 54.6 Å². The predicted molar refractivity (Wildman–Crippen MR) is 122 cm³/mol. The zero-order chi connectivity index (χ0) is 22.5. The van der Waals surface area contributed by atoms with Gasteiger partial charge in [-0.15, -0.1) is 0 Å². The van der Waals surface area contributed by atoms with E-state index in [-0.39, 0.29) is 11.9 Å². The molecule has 3 aromatic carbocycles. The number of benzene rings is 3. The summed E-state index contributed by atoms with van der Waals surface area (Å²) in [6.07, 6.45) is 0. The van der Waals surface area contributed by atoms with Crippen LogP contribution in [0.25, 0.3) is 0 Å². The fourth-order valence-electron chi connectivity index (χ4n) is 3.50. The summed E-state index contributed by atoms with van der Waals surface area (Å²) in [6, 6.07) is 22.8. The smallest absolute Gasteiger partial charge is 0.319 e. The van der Waals surface area contributed by atoms with Crippen molar-refractivity contribution in [2.75, 3.05) is 12.4 Å². The summed E-state index contributed by atoms with van der Waals surface area (Å²) in [7, 11) is 1.58. The summed E-state index contributed by atoms with van der Waals surface area (Å²) in [6.45, 7) is 1.71. The third-order valence-electron chi connectivity index (χ3n) is 5.03. The van der Waals surface area contributed by atoms with Crippen molar-refractivity contribution >= 4 is 17.6 Å². The number of allylic oxidation sites excluding steroid dienone is 1.